The van der Waals surface area contributed by atoms with Gasteiger partial charge >= 0.3 is 0 Å². The molecule has 3 rings (SSSR count). The van der Waals surface area contributed by atoms with Crippen LogP contribution >= 0.6 is 27.5 Å². The minimum absolute atomic E-state index is 0.0111. The summed E-state index contributed by atoms with van der Waals surface area (Å²) in [7, 11) is -3.99. The topological polar surface area (TPSA) is 84.3 Å². The number of likely N-dealkylation sites (tertiary alicyclic amines) is 1. The SMILES string of the molecule is Cc1cccc(Cl)c1S(=O)(=O)NC(CCn1nccc1Br)C(=O)N1CCC(C)CC1. The number of benzene rings is 1. The van der Waals surface area contributed by atoms with Gasteiger partial charge in [0.15, 0.2) is 0 Å². The summed E-state index contributed by atoms with van der Waals surface area (Å²) in [5.74, 6) is 0.355. The standard InChI is InChI=1S/C20H26BrClN4O3S/c1-14-7-11-25(12-8-14)20(27)17(9-13-26-18(21)6-10-23-26)24-30(28,29)19-15(2)4-3-5-16(19)22/h3-6,10,14,17,24H,7-9,11-13H2,1-2H3. The van der Waals surface area contributed by atoms with Gasteiger partial charge in [0.1, 0.15) is 15.5 Å². The van der Waals surface area contributed by atoms with Crippen LogP contribution in [0.5, 0.6) is 0 Å². The van der Waals surface area contributed by atoms with Crippen LogP contribution in [0.2, 0.25) is 5.02 Å². The van der Waals surface area contributed by atoms with Crippen LogP contribution in [-0.4, -0.2) is 48.1 Å². The molecule has 2 heterocycles. The number of amides is 1. The Labute approximate surface area is 191 Å². The third-order valence-electron chi connectivity index (χ3n) is 5.42. The van der Waals surface area contributed by atoms with Gasteiger partial charge in [0, 0.05) is 19.6 Å². The van der Waals surface area contributed by atoms with Crippen LogP contribution < -0.4 is 4.72 Å². The zero-order chi connectivity index (χ0) is 21.9. The molecule has 1 aliphatic rings. The number of aryl methyl sites for hydroxylation is 2. The minimum atomic E-state index is -3.99. The van der Waals surface area contributed by atoms with Crippen molar-refractivity contribution in [3.05, 3.63) is 45.7 Å². The monoisotopic (exact) mass is 516 g/mol. The molecule has 0 radical (unpaired) electrons. The molecule has 1 aliphatic heterocycles. The summed E-state index contributed by atoms with van der Waals surface area (Å²) in [5.41, 5.74) is 0.530. The van der Waals surface area contributed by atoms with Crippen molar-refractivity contribution in [3.8, 4) is 0 Å². The van der Waals surface area contributed by atoms with Gasteiger partial charge in [0.05, 0.1) is 11.2 Å². The van der Waals surface area contributed by atoms with Crippen LogP contribution in [0.3, 0.4) is 0 Å². The number of sulfonamides is 1. The number of carbonyl (C=O) groups excluding carboxylic acids is 1. The summed E-state index contributed by atoms with van der Waals surface area (Å²) in [6, 6.07) is 5.80. The van der Waals surface area contributed by atoms with Gasteiger partial charge in [-0.05, 0) is 65.7 Å². The Morgan fingerprint density at radius 2 is 2.03 bits per heavy atom. The fourth-order valence-corrected chi connectivity index (χ4v) is 6.06. The molecule has 1 aromatic heterocycles. The van der Waals surface area contributed by atoms with Crippen molar-refractivity contribution in [1.82, 2.24) is 19.4 Å². The summed E-state index contributed by atoms with van der Waals surface area (Å²) in [6.45, 7) is 5.50. The van der Waals surface area contributed by atoms with Gasteiger partial charge < -0.3 is 4.90 Å². The van der Waals surface area contributed by atoms with Gasteiger partial charge in [-0.1, -0.05) is 30.7 Å². The molecule has 0 saturated carbocycles. The quantitative estimate of drug-likeness (QED) is 0.608. The molecule has 1 atom stereocenters. The highest BCUT2D eigenvalue weighted by Crippen LogP contribution is 2.26. The lowest BCUT2D eigenvalue weighted by atomic mass is 9.98. The zero-order valence-corrected chi connectivity index (χ0v) is 20.2. The van der Waals surface area contributed by atoms with E-state index in [9.17, 15) is 13.2 Å². The highest BCUT2D eigenvalue weighted by Gasteiger charge is 2.32. The van der Waals surface area contributed by atoms with Gasteiger partial charge in [0.25, 0.3) is 0 Å². The number of nitrogens with zero attached hydrogens (tertiary/aromatic N) is 3. The van der Waals surface area contributed by atoms with Crippen LogP contribution in [0, 0.1) is 12.8 Å². The van der Waals surface area contributed by atoms with Crippen molar-refractivity contribution in [2.45, 2.75) is 50.6 Å². The van der Waals surface area contributed by atoms with Crippen molar-refractivity contribution >= 4 is 43.5 Å². The second-order valence-electron chi connectivity index (χ2n) is 7.73. The lowest BCUT2D eigenvalue weighted by Gasteiger charge is -2.33. The summed E-state index contributed by atoms with van der Waals surface area (Å²) in [6.07, 6.45) is 3.75. The largest absolute Gasteiger partial charge is 0.341 e. The van der Waals surface area contributed by atoms with Gasteiger partial charge in [0.2, 0.25) is 15.9 Å². The second kappa shape index (κ2) is 9.80. The first kappa shape index (κ1) is 23.2. The third kappa shape index (κ3) is 5.43. The molecule has 1 saturated heterocycles. The molecule has 1 aromatic carbocycles. The molecule has 10 heteroatoms. The van der Waals surface area contributed by atoms with Gasteiger partial charge in [-0.2, -0.15) is 9.82 Å². The molecule has 1 amide bonds. The van der Waals surface area contributed by atoms with Gasteiger partial charge in [-0.3, -0.25) is 9.48 Å². The maximum absolute atomic E-state index is 13.3. The predicted octanol–water partition coefficient (Wildman–Crippen LogP) is 3.60. The average molecular weight is 518 g/mol. The number of aromatic nitrogens is 2. The number of halogens is 2. The van der Waals surface area contributed by atoms with Gasteiger partial charge in [-0.25, -0.2) is 8.42 Å². The van der Waals surface area contributed by atoms with Crippen LogP contribution in [0.25, 0.3) is 0 Å². The molecule has 164 valence electrons. The smallest absolute Gasteiger partial charge is 0.243 e. The van der Waals surface area contributed by atoms with Gasteiger partial charge in [-0.15, -0.1) is 0 Å². The van der Waals surface area contributed by atoms with Crippen molar-refractivity contribution in [3.63, 3.8) is 0 Å². The van der Waals surface area contributed by atoms with E-state index < -0.39 is 16.1 Å². The molecular weight excluding hydrogens is 492 g/mol. The van der Waals surface area contributed by atoms with Crippen LogP contribution in [0.1, 0.15) is 31.7 Å². The molecule has 1 N–H and O–H groups in total. The summed E-state index contributed by atoms with van der Waals surface area (Å²) in [5, 5.41) is 4.33. The number of nitrogens with one attached hydrogen (secondary N) is 1. The summed E-state index contributed by atoms with van der Waals surface area (Å²) < 4.78 is 31.4. The first-order valence-electron chi connectivity index (χ1n) is 9.92. The third-order valence-corrected chi connectivity index (χ3v) is 8.19. The minimum Gasteiger partial charge on any atom is -0.341 e. The van der Waals surface area contributed by atoms with Crippen molar-refractivity contribution in [2.24, 2.45) is 5.92 Å². The van der Waals surface area contributed by atoms with E-state index >= 15 is 0 Å². The fraction of sp³-hybridized carbons (Fsp3) is 0.500. The van der Waals surface area contributed by atoms with Crippen molar-refractivity contribution < 1.29 is 13.2 Å². The Hall–Kier alpha value is -1.42. The predicted molar refractivity (Wildman–Crippen MR) is 120 cm³/mol. The molecular formula is C20H26BrClN4O3S. The second-order valence-corrected chi connectivity index (χ2v) is 10.6. The van der Waals surface area contributed by atoms with E-state index in [0.29, 0.717) is 31.1 Å². The molecule has 0 aliphatic carbocycles. The Morgan fingerprint density at radius 1 is 1.33 bits per heavy atom. The molecule has 0 bridgehead atoms. The van der Waals surface area contributed by atoms with E-state index in [1.165, 1.54) is 6.07 Å². The van der Waals surface area contributed by atoms with Crippen molar-refractivity contribution in [1.29, 1.82) is 0 Å². The Balaban J connectivity index is 1.84. The highest BCUT2D eigenvalue weighted by molar-refractivity contribution is 9.10. The average Bonchev–Trinajstić information content (AvgIpc) is 3.09. The Kier molecular flexibility index (Phi) is 7.60. The molecule has 2 aromatic rings. The molecule has 7 nitrogen and oxygen atoms in total. The number of carbonyl (C=O) groups is 1. The Bertz CT molecular complexity index is 983. The number of rotatable bonds is 7. The van der Waals surface area contributed by atoms with E-state index in [-0.39, 0.29) is 22.2 Å². The summed E-state index contributed by atoms with van der Waals surface area (Å²) in [4.78, 5) is 15.0. The summed E-state index contributed by atoms with van der Waals surface area (Å²) >= 11 is 9.59. The van der Waals surface area contributed by atoms with E-state index in [4.69, 9.17) is 11.6 Å². The van der Waals surface area contributed by atoms with Crippen LogP contribution in [0.4, 0.5) is 0 Å². The molecule has 30 heavy (non-hydrogen) atoms. The highest BCUT2D eigenvalue weighted by atomic mass is 79.9. The molecule has 1 unspecified atom stereocenters. The van der Waals surface area contributed by atoms with E-state index in [1.54, 1.807) is 40.9 Å². The first-order chi connectivity index (χ1) is 14.2. The Morgan fingerprint density at radius 3 is 2.63 bits per heavy atom. The number of piperidine rings is 1. The normalized spacial score (nSPS) is 16.6. The number of hydrogen-bond donors (Lipinski definition) is 1. The maximum Gasteiger partial charge on any atom is 0.243 e. The zero-order valence-electron chi connectivity index (χ0n) is 17.0. The lowest BCUT2D eigenvalue weighted by Crippen LogP contribution is -2.51. The van der Waals surface area contributed by atoms with Crippen LogP contribution in [0.15, 0.2) is 40.0 Å². The number of hydrogen-bond acceptors (Lipinski definition) is 4. The molecule has 0 spiro atoms. The molecule has 1 fully saturated rings. The lowest BCUT2D eigenvalue weighted by molar-refractivity contribution is -0.134. The first-order valence-corrected chi connectivity index (χ1v) is 12.6. The van der Waals surface area contributed by atoms with E-state index in [0.717, 1.165) is 17.4 Å². The van der Waals surface area contributed by atoms with E-state index in [2.05, 4.69) is 32.7 Å². The maximum atomic E-state index is 13.3. The van der Waals surface area contributed by atoms with Crippen LogP contribution in [-0.2, 0) is 21.4 Å². The van der Waals surface area contributed by atoms with E-state index in [1.807, 2.05) is 0 Å². The fourth-order valence-electron chi connectivity index (χ4n) is 3.62. The van der Waals surface area contributed by atoms with Crippen molar-refractivity contribution in [2.75, 3.05) is 13.1 Å².